The Morgan fingerprint density at radius 3 is 2.37 bits per heavy atom. The Labute approximate surface area is 183 Å². The molecule has 0 saturated carbocycles. The highest BCUT2D eigenvalue weighted by Gasteiger charge is 2.28. The number of hydrogen-bond acceptors (Lipinski definition) is 3. The molecule has 0 spiro atoms. The van der Waals surface area contributed by atoms with Gasteiger partial charge in [-0.25, -0.2) is 4.39 Å². The van der Waals surface area contributed by atoms with Gasteiger partial charge in [0.2, 0.25) is 11.8 Å². The lowest BCUT2D eigenvalue weighted by Crippen LogP contribution is -2.52. The van der Waals surface area contributed by atoms with Crippen molar-refractivity contribution in [1.29, 1.82) is 0 Å². The first-order valence-corrected chi connectivity index (χ1v) is 11.2. The molecule has 2 aromatic rings. The van der Waals surface area contributed by atoms with E-state index in [2.05, 4.69) is 5.32 Å². The van der Waals surface area contributed by atoms with Crippen LogP contribution in [-0.4, -0.2) is 34.0 Å². The van der Waals surface area contributed by atoms with Gasteiger partial charge in [0.15, 0.2) is 0 Å². The number of nitrogens with zero attached hydrogens (tertiary/aromatic N) is 1. The number of thioether (sulfide) groups is 1. The molecule has 1 N–H and O–H groups in total. The van der Waals surface area contributed by atoms with Crippen LogP contribution in [0, 0.1) is 12.7 Å². The monoisotopic (exact) mass is 430 g/mol. The molecule has 0 radical (unpaired) electrons. The number of carbonyl (C=O) groups excluding carboxylic acids is 2. The first-order valence-electron chi connectivity index (χ1n) is 10.0. The van der Waals surface area contributed by atoms with Gasteiger partial charge in [0.05, 0.1) is 5.75 Å². The molecule has 0 fully saturated rings. The third-order valence-electron chi connectivity index (χ3n) is 4.51. The van der Waals surface area contributed by atoms with Gasteiger partial charge in [-0.1, -0.05) is 42.0 Å². The van der Waals surface area contributed by atoms with Crippen molar-refractivity contribution in [3.05, 3.63) is 71.0 Å². The lowest BCUT2D eigenvalue weighted by atomic mass is 10.1. The summed E-state index contributed by atoms with van der Waals surface area (Å²) in [6.07, 6.45) is 0. The number of amides is 2. The summed E-state index contributed by atoms with van der Waals surface area (Å²) in [5.74, 6) is 0.304. The van der Waals surface area contributed by atoms with Gasteiger partial charge in [-0.2, -0.15) is 0 Å². The predicted octanol–water partition coefficient (Wildman–Crippen LogP) is 4.70. The fourth-order valence-electron chi connectivity index (χ4n) is 2.98. The average molecular weight is 431 g/mol. The minimum Gasteiger partial charge on any atom is -0.350 e. The van der Waals surface area contributed by atoms with Gasteiger partial charge in [-0.3, -0.25) is 9.59 Å². The quantitative estimate of drug-likeness (QED) is 0.660. The SMILES string of the molecule is Cc1cccc(CN(C(=O)CSCc2ccc(F)cc2)[C@H](C)C(=O)NC(C)(C)C)c1. The van der Waals surface area contributed by atoms with Crippen LogP contribution in [-0.2, 0) is 21.9 Å². The van der Waals surface area contributed by atoms with Crippen LogP contribution in [0.3, 0.4) is 0 Å². The van der Waals surface area contributed by atoms with E-state index in [1.807, 2.05) is 52.0 Å². The van der Waals surface area contributed by atoms with Crippen LogP contribution >= 0.6 is 11.8 Å². The minimum atomic E-state index is -0.594. The smallest absolute Gasteiger partial charge is 0.242 e. The van der Waals surface area contributed by atoms with Crippen molar-refractivity contribution in [2.24, 2.45) is 0 Å². The first-order chi connectivity index (χ1) is 14.0. The van der Waals surface area contributed by atoms with Gasteiger partial charge in [0, 0.05) is 17.8 Å². The maximum atomic E-state index is 13.1. The van der Waals surface area contributed by atoms with Crippen LogP contribution in [0.2, 0.25) is 0 Å². The number of rotatable bonds is 8. The average Bonchev–Trinajstić information content (AvgIpc) is 2.65. The second-order valence-electron chi connectivity index (χ2n) is 8.55. The molecule has 0 bridgehead atoms. The third-order valence-corrected chi connectivity index (χ3v) is 5.50. The Bertz CT molecular complexity index is 862. The second-order valence-corrected chi connectivity index (χ2v) is 9.53. The number of carbonyl (C=O) groups is 2. The van der Waals surface area contributed by atoms with Gasteiger partial charge in [0.1, 0.15) is 11.9 Å². The highest BCUT2D eigenvalue weighted by atomic mass is 32.2. The molecule has 4 nitrogen and oxygen atoms in total. The van der Waals surface area contributed by atoms with Crippen molar-refractivity contribution in [3.8, 4) is 0 Å². The fourth-order valence-corrected chi connectivity index (χ4v) is 3.85. The van der Waals surface area contributed by atoms with Crippen LogP contribution < -0.4 is 5.32 Å². The molecule has 30 heavy (non-hydrogen) atoms. The molecule has 0 aliphatic carbocycles. The van der Waals surface area contributed by atoms with Gasteiger partial charge < -0.3 is 10.2 Å². The highest BCUT2D eigenvalue weighted by Crippen LogP contribution is 2.17. The molecule has 2 aromatic carbocycles. The van der Waals surface area contributed by atoms with Crippen LogP contribution in [0.25, 0.3) is 0 Å². The molecule has 162 valence electrons. The van der Waals surface area contributed by atoms with E-state index in [1.165, 1.54) is 23.9 Å². The van der Waals surface area contributed by atoms with E-state index in [0.717, 1.165) is 16.7 Å². The zero-order chi connectivity index (χ0) is 22.3. The van der Waals surface area contributed by atoms with Crippen LogP contribution in [0.15, 0.2) is 48.5 Å². The second kappa shape index (κ2) is 10.6. The zero-order valence-electron chi connectivity index (χ0n) is 18.4. The number of hydrogen-bond donors (Lipinski definition) is 1. The molecule has 1 atom stereocenters. The van der Waals surface area contributed by atoms with Crippen molar-refractivity contribution in [2.45, 2.75) is 58.5 Å². The van der Waals surface area contributed by atoms with Gasteiger partial charge in [0.25, 0.3) is 0 Å². The van der Waals surface area contributed by atoms with Crippen LogP contribution in [0.1, 0.15) is 44.4 Å². The van der Waals surface area contributed by atoms with E-state index in [-0.39, 0.29) is 28.9 Å². The van der Waals surface area contributed by atoms with Crippen molar-refractivity contribution in [1.82, 2.24) is 10.2 Å². The summed E-state index contributed by atoms with van der Waals surface area (Å²) in [6.45, 7) is 9.90. The number of nitrogens with one attached hydrogen (secondary N) is 1. The minimum absolute atomic E-state index is 0.0971. The summed E-state index contributed by atoms with van der Waals surface area (Å²) >= 11 is 1.46. The zero-order valence-corrected chi connectivity index (χ0v) is 19.2. The van der Waals surface area contributed by atoms with Crippen molar-refractivity contribution < 1.29 is 14.0 Å². The normalized spacial score (nSPS) is 12.3. The van der Waals surface area contributed by atoms with Gasteiger partial charge in [-0.05, 0) is 57.9 Å². The van der Waals surface area contributed by atoms with E-state index < -0.39 is 6.04 Å². The third kappa shape index (κ3) is 7.82. The molecule has 0 unspecified atom stereocenters. The first kappa shape index (κ1) is 23.9. The lowest BCUT2D eigenvalue weighted by Gasteiger charge is -2.31. The van der Waals surface area contributed by atoms with Crippen molar-refractivity contribution >= 4 is 23.6 Å². The summed E-state index contributed by atoms with van der Waals surface area (Å²) in [5.41, 5.74) is 2.68. The van der Waals surface area contributed by atoms with Gasteiger partial charge >= 0.3 is 0 Å². The fraction of sp³-hybridized carbons (Fsp3) is 0.417. The summed E-state index contributed by atoms with van der Waals surface area (Å²) < 4.78 is 13.1. The molecule has 0 saturated heterocycles. The Balaban J connectivity index is 2.09. The van der Waals surface area contributed by atoms with Crippen LogP contribution in [0.5, 0.6) is 0 Å². The van der Waals surface area contributed by atoms with E-state index in [1.54, 1.807) is 24.0 Å². The summed E-state index contributed by atoms with van der Waals surface area (Å²) in [7, 11) is 0. The number of halogens is 1. The predicted molar refractivity (Wildman–Crippen MR) is 122 cm³/mol. The molecule has 6 heteroatoms. The van der Waals surface area contributed by atoms with Crippen molar-refractivity contribution in [2.75, 3.05) is 5.75 Å². The Morgan fingerprint density at radius 2 is 1.77 bits per heavy atom. The molecular formula is C24H31FN2O2S. The molecule has 0 heterocycles. The van der Waals surface area contributed by atoms with E-state index in [0.29, 0.717) is 12.3 Å². The number of benzene rings is 2. The van der Waals surface area contributed by atoms with Crippen molar-refractivity contribution in [3.63, 3.8) is 0 Å². The summed E-state index contributed by atoms with van der Waals surface area (Å²) in [4.78, 5) is 27.4. The largest absolute Gasteiger partial charge is 0.350 e. The molecule has 0 aliphatic heterocycles. The Kier molecular flexibility index (Phi) is 8.47. The topological polar surface area (TPSA) is 49.4 Å². The summed E-state index contributed by atoms with van der Waals surface area (Å²) in [6, 6.07) is 13.6. The van der Waals surface area contributed by atoms with Crippen LogP contribution in [0.4, 0.5) is 4.39 Å². The van der Waals surface area contributed by atoms with E-state index in [9.17, 15) is 14.0 Å². The highest BCUT2D eigenvalue weighted by molar-refractivity contribution is 7.99. The number of aryl methyl sites for hydroxylation is 1. The maximum Gasteiger partial charge on any atom is 0.242 e. The van der Waals surface area contributed by atoms with E-state index >= 15 is 0 Å². The standard InChI is InChI=1S/C24H31FN2O2S/c1-17-7-6-8-20(13-17)14-27(18(2)23(29)26-24(3,4)5)22(28)16-30-15-19-9-11-21(25)12-10-19/h6-13,18H,14-16H2,1-5H3,(H,26,29)/t18-/m1/s1. The molecule has 2 rings (SSSR count). The summed E-state index contributed by atoms with van der Waals surface area (Å²) in [5, 5.41) is 2.96. The lowest BCUT2D eigenvalue weighted by molar-refractivity contribution is -0.139. The van der Waals surface area contributed by atoms with E-state index in [4.69, 9.17) is 0 Å². The molecule has 0 aliphatic rings. The Hall–Kier alpha value is -2.34. The maximum absolute atomic E-state index is 13.1. The molecule has 2 amide bonds. The molecular weight excluding hydrogens is 399 g/mol. The molecule has 0 aromatic heterocycles. The Morgan fingerprint density at radius 1 is 1.10 bits per heavy atom. The van der Waals surface area contributed by atoms with Gasteiger partial charge in [-0.15, -0.1) is 11.8 Å².